The molecule has 2 aliphatic rings. The van der Waals surface area contributed by atoms with Crippen molar-refractivity contribution in [1.82, 2.24) is 14.5 Å². The first-order valence-corrected chi connectivity index (χ1v) is 9.00. The van der Waals surface area contributed by atoms with Crippen LogP contribution in [-0.4, -0.2) is 32.0 Å². The summed E-state index contributed by atoms with van der Waals surface area (Å²) in [5.41, 5.74) is 1.76. The minimum Gasteiger partial charge on any atom is -0.390 e. The van der Waals surface area contributed by atoms with Crippen molar-refractivity contribution >= 4 is 0 Å². The second-order valence-corrected chi connectivity index (χ2v) is 7.39. The van der Waals surface area contributed by atoms with E-state index in [4.69, 9.17) is 0 Å². The number of alkyl halides is 3. The monoisotopic (exact) mass is 365 g/mol. The summed E-state index contributed by atoms with van der Waals surface area (Å²) in [4.78, 5) is 4.35. The standard InChI is InChI=1S/C19H22F3N3O/c20-19(21,22)25-11-16-10-23-12-24(16)18(25)17(26)9-13-6-7-15(8-13)14-4-2-1-3-5-14/h1-5,10,12-13,15,17-18,26H,6-9,11H2. The van der Waals surface area contributed by atoms with Crippen LogP contribution in [0.5, 0.6) is 0 Å². The van der Waals surface area contributed by atoms with Crippen LogP contribution in [0.15, 0.2) is 42.9 Å². The van der Waals surface area contributed by atoms with Gasteiger partial charge in [-0.25, -0.2) is 4.98 Å². The number of aliphatic hydroxyl groups is 1. The topological polar surface area (TPSA) is 41.3 Å². The number of benzene rings is 1. The van der Waals surface area contributed by atoms with E-state index < -0.39 is 18.6 Å². The molecule has 26 heavy (non-hydrogen) atoms. The lowest BCUT2D eigenvalue weighted by Crippen LogP contribution is -2.43. The van der Waals surface area contributed by atoms with Crippen molar-refractivity contribution in [3.8, 4) is 0 Å². The Balaban J connectivity index is 1.45. The zero-order valence-electron chi connectivity index (χ0n) is 14.3. The molecule has 1 aliphatic carbocycles. The molecular weight excluding hydrogens is 343 g/mol. The van der Waals surface area contributed by atoms with Crippen molar-refractivity contribution in [2.75, 3.05) is 0 Å². The van der Waals surface area contributed by atoms with Gasteiger partial charge in [0.2, 0.25) is 0 Å². The quantitative estimate of drug-likeness (QED) is 0.831. The van der Waals surface area contributed by atoms with Gasteiger partial charge in [-0.15, -0.1) is 0 Å². The van der Waals surface area contributed by atoms with Gasteiger partial charge >= 0.3 is 6.30 Å². The van der Waals surface area contributed by atoms with Crippen LogP contribution in [0.25, 0.3) is 0 Å². The van der Waals surface area contributed by atoms with E-state index in [-0.39, 0.29) is 12.5 Å². The van der Waals surface area contributed by atoms with Crippen molar-refractivity contribution < 1.29 is 18.3 Å². The van der Waals surface area contributed by atoms with Crippen LogP contribution in [-0.2, 0) is 6.54 Å². The van der Waals surface area contributed by atoms with E-state index in [1.54, 1.807) is 0 Å². The number of hydrogen-bond acceptors (Lipinski definition) is 3. The molecule has 140 valence electrons. The zero-order chi connectivity index (χ0) is 18.3. The molecule has 0 spiro atoms. The van der Waals surface area contributed by atoms with Crippen molar-refractivity contribution in [3.05, 3.63) is 54.1 Å². The first kappa shape index (κ1) is 17.5. The number of nitrogens with zero attached hydrogens (tertiary/aromatic N) is 3. The third kappa shape index (κ3) is 3.25. The molecule has 1 fully saturated rings. The molecule has 4 rings (SSSR count). The van der Waals surface area contributed by atoms with Crippen LogP contribution in [0.4, 0.5) is 13.2 Å². The van der Waals surface area contributed by atoms with Gasteiger partial charge in [0.15, 0.2) is 0 Å². The van der Waals surface area contributed by atoms with Gasteiger partial charge in [0.25, 0.3) is 0 Å². The van der Waals surface area contributed by atoms with E-state index in [0.717, 1.165) is 19.3 Å². The highest BCUT2D eigenvalue weighted by Gasteiger charge is 2.49. The summed E-state index contributed by atoms with van der Waals surface area (Å²) in [7, 11) is 0. The van der Waals surface area contributed by atoms with Gasteiger partial charge in [-0.1, -0.05) is 30.3 Å². The van der Waals surface area contributed by atoms with Gasteiger partial charge in [-0.05, 0) is 43.1 Å². The maximum atomic E-state index is 13.4. The molecule has 7 heteroatoms. The largest absolute Gasteiger partial charge is 0.462 e. The Labute approximate surface area is 150 Å². The normalized spacial score (nSPS) is 27.6. The van der Waals surface area contributed by atoms with Crippen molar-refractivity contribution in [1.29, 1.82) is 0 Å². The lowest BCUT2D eigenvalue weighted by atomic mass is 9.93. The van der Waals surface area contributed by atoms with Crippen molar-refractivity contribution in [3.63, 3.8) is 0 Å². The second kappa shape index (κ2) is 6.70. The van der Waals surface area contributed by atoms with Gasteiger partial charge in [-0.2, -0.15) is 18.1 Å². The molecule has 4 nitrogen and oxygen atoms in total. The second-order valence-electron chi connectivity index (χ2n) is 7.39. The molecule has 0 amide bonds. The molecule has 1 aromatic carbocycles. The van der Waals surface area contributed by atoms with Gasteiger partial charge in [0.1, 0.15) is 6.17 Å². The Morgan fingerprint density at radius 1 is 1.19 bits per heavy atom. The summed E-state index contributed by atoms with van der Waals surface area (Å²) < 4.78 is 41.6. The zero-order valence-corrected chi connectivity index (χ0v) is 14.3. The average Bonchev–Trinajstić information content (AvgIpc) is 3.29. The Hall–Kier alpha value is -1.86. The summed E-state index contributed by atoms with van der Waals surface area (Å²) in [6.07, 6.45) is -0.614. The van der Waals surface area contributed by atoms with E-state index >= 15 is 0 Å². The maximum absolute atomic E-state index is 13.4. The highest BCUT2D eigenvalue weighted by atomic mass is 19.4. The molecule has 1 saturated carbocycles. The lowest BCUT2D eigenvalue weighted by molar-refractivity contribution is -0.274. The molecular formula is C19H22F3N3O. The minimum absolute atomic E-state index is 0.234. The van der Waals surface area contributed by atoms with Crippen LogP contribution in [0, 0.1) is 5.92 Å². The summed E-state index contributed by atoms with van der Waals surface area (Å²) in [6, 6.07) is 10.2. The van der Waals surface area contributed by atoms with Gasteiger partial charge in [0.05, 0.1) is 24.7 Å². The summed E-state index contributed by atoms with van der Waals surface area (Å²) in [6.45, 7) is -0.261. The molecule has 1 N–H and O–H groups in total. The molecule has 1 aliphatic heterocycles. The minimum atomic E-state index is -4.48. The number of rotatable bonds is 4. The number of aliphatic hydroxyl groups excluding tert-OH is 1. The molecule has 0 radical (unpaired) electrons. The van der Waals surface area contributed by atoms with E-state index in [0.29, 0.717) is 22.9 Å². The van der Waals surface area contributed by atoms with Crippen LogP contribution in [0.2, 0.25) is 0 Å². The lowest BCUT2D eigenvalue weighted by Gasteiger charge is -2.31. The van der Waals surface area contributed by atoms with Crippen molar-refractivity contribution in [2.45, 2.75) is 56.7 Å². The van der Waals surface area contributed by atoms with Crippen LogP contribution < -0.4 is 0 Å². The smallest absolute Gasteiger partial charge is 0.390 e. The van der Waals surface area contributed by atoms with Crippen molar-refractivity contribution in [2.24, 2.45) is 5.92 Å². The third-order valence-electron chi connectivity index (χ3n) is 5.74. The fourth-order valence-electron chi connectivity index (χ4n) is 4.52. The van der Waals surface area contributed by atoms with Gasteiger partial charge in [0, 0.05) is 6.20 Å². The Morgan fingerprint density at radius 2 is 1.96 bits per heavy atom. The van der Waals surface area contributed by atoms with E-state index in [2.05, 4.69) is 17.1 Å². The Morgan fingerprint density at radius 3 is 2.69 bits per heavy atom. The fourth-order valence-corrected chi connectivity index (χ4v) is 4.52. The molecule has 0 bridgehead atoms. The Kier molecular flexibility index (Phi) is 4.52. The number of hydrogen-bond donors (Lipinski definition) is 1. The number of halogens is 3. The molecule has 4 unspecified atom stereocenters. The highest BCUT2D eigenvalue weighted by Crippen LogP contribution is 2.44. The van der Waals surface area contributed by atoms with E-state index in [1.807, 2.05) is 18.2 Å². The Bertz CT molecular complexity index is 746. The summed E-state index contributed by atoms with van der Waals surface area (Å²) in [5.74, 6) is 0.664. The van der Waals surface area contributed by atoms with Crippen LogP contribution in [0.1, 0.15) is 49.0 Å². The maximum Gasteiger partial charge on any atom is 0.462 e. The SMILES string of the molecule is OC(CC1CCC(c2ccccc2)C1)C1N(C(F)(F)F)Cc2cncn21. The third-order valence-corrected chi connectivity index (χ3v) is 5.74. The number of fused-ring (bicyclic) bond motifs is 1. The number of imidazole rings is 1. The summed E-state index contributed by atoms with van der Waals surface area (Å²) >= 11 is 0. The highest BCUT2D eigenvalue weighted by molar-refractivity contribution is 5.20. The first-order chi connectivity index (χ1) is 12.4. The van der Waals surface area contributed by atoms with Gasteiger partial charge in [-0.3, -0.25) is 0 Å². The molecule has 4 atom stereocenters. The van der Waals surface area contributed by atoms with Crippen LogP contribution in [0.3, 0.4) is 0 Å². The molecule has 0 saturated heterocycles. The average molecular weight is 365 g/mol. The summed E-state index contributed by atoms with van der Waals surface area (Å²) in [5, 5.41) is 10.7. The molecule has 1 aromatic heterocycles. The predicted molar refractivity (Wildman–Crippen MR) is 90.0 cm³/mol. The first-order valence-electron chi connectivity index (χ1n) is 9.00. The van der Waals surface area contributed by atoms with E-state index in [9.17, 15) is 18.3 Å². The molecule has 2 aromatic rings. The predicted octanol–water partition coefficient (Wildman–Crippen LogP) is 4.05. The van der Waals surface area contributed by atoms with Crippen LogP contribution >= 0.6 is 0 Å². The van der Waals surface area contributed by atoms with E-state index in [1.165, 1.54) is 22.7 Å². The number of aromatic nitrogens is 2. The molecule has 2 heterocycles. The van der Waals surface area contributed by atoms with Gasteiger partial charge < -0.3 is 9.67 Å². The fraction of sp³-hybridized carbons (Fsp3) is 0.526.